The van der Waals surface area contributed by atoms with Crippen molar-refractivity contribution in [2.24, 2.45) is 11.3 Å². The second kappa shape index (κ2) is 10.8. The lowest BCUT2D eigenvalue weighted by Crippen LogP contribution is -2.51. The molecule has 1 saturated carbocycles. The van der Waals surface area contributed by atoms with Crippen LogP contribution in [-0.2, 0) is 4.74 Å². The molecule has 0 radical (unpaired) electrons. The minimum absolute atomic E-state index is 0.202. The quantitative estimate of drug-likeness (QED) is 0.550. The van der Waals surface area contributed by atoms with Gasteiger partial charge in [0, 0.05) is 62.3 Å². The van der Waals surface area contributed by atoms with Crippen LogP contribution in [0.15, 0.2) is 36.4 Å². The number of amides is 2. The minimum atomic E-state index is -0.488. The number of benzene rings is 2. The summed E-state index contributed by atoms with van der Waals surface area (Å²) in [5, 5.41) is 12.3. The summed E-state index contributed by atoms with van der Waals surface area (Å²) in [4.78, 5) is 32.2. The molecular weight excluding hydrogens is 466 g/mol. The van der Waals surface area contributed by atoms with E-state index in [1.165, 1.54) is 11.3 Å². The fraction of sp³-hybridized carbons (Fsp3) is 0.600. The molecule has 200 valence electrons. The molecule has 0 bridgehead atoms. The predicted octanol–water partition coefficient (Wildman–Crippen LogP) is 3.65. The molecule has 0 aromatic heterocycles. The Labute approximate surface area is 220 Å². The third-order valence-corrected chi connectivity index (χ3v) is 8.30. The van der Waals surface area contributed by atoms with Gasteiger partial charge in [0.25, 0.3) is 11.8 Å². The Hall–Kier alpha value is -2.32. The smallest absolute Gasteiger partial charge is 0.261 e. The van der Waals surface area contributed by atoms with Gasteiger partial charge in [0.1, 0.15) is 0 Å². The number of nitrogens with zero attached hydrogens (tertiary/aromatic N) is 3. The molecule has 2 aliphatic heterocycles. The van der Waals surface area contributed by atoms with E-state index in [0.29, 0.717) is 48.7 Å². The van der Waals surface area contributed by atoms with Gasteiger partial charge in [0.2, 0.25) is 0 Å². The first-order valence-corrected chi connectivity index (χ1v) is 13.8. The Morgan fingerprint density at radius 3 is 2.19 bits per heavy atom. The molecule has 3 aliphatic rings. The molecule has 37 heavy (non-hydrogen) atoms. The molecule has 1 aliphatic carbocycles. The van der Waals surface area contributed by atoms with Gasteiger partial charge >= 0.3 is 0 Å². The molecule has 5 rings (SSSR count). The molecule has 2 fully saturated rings. The summed E-state index contributed by atoms with van der Waals surface area (Å²) in [6.07, 6.45) is 3.13. The lowest BCUT2D eigenvalue weighted by Gasteiger charge is -2.39. The molecule has 1 saturated heterocycles. The molecule has 0 spiro atoms. The van der Waals surface area contributed by atoms with E-state index in [1.807, 2.05) is 36.4 Å². The van der Waals surface area contributed by atoms with Crippen LogP contribution in [0.3, 0.4) is 0 Å². The van der Waals surface area contributed by atoms with E-state index in [2.05, 4.69) is 30.6 Å². The molecule has 0 unspecified atom stereocenters. The second-order valence-corrected chi connectivity index (χ2v) is 12.1. The highest BCUT2D eigenvalue weighted by molar-refractivity contribution is 6.25. The number of aliphatic hydroxyl groups is 1. The highest BCUT2D eigenvalue weighted by Gasteiger charge is 2.34. The van der Waals surface area contributed by atoms with Crippen LogP contribution < -0.4 is 0 Å². The standard InChI is InChI=1S/C30H41N3O4/c1-21-16-24(18-30(2,3)17-21)37-20-23(34)19-32-12-10-31(11-13-32)14-15-33-28(35)25-8-4-6-22-7-5-9-26(27(22)25)29(33)36/h4-9,21,23-24,34H,10-20H2,1-3H3/t21-,23-,24+/m1/s1. The van der Waals surface area contributed by atoms with Crippen LogP contribution in [0.2, 0.25) is 0 Å². The van der Waals surface area contributed by atoms with Crippen molar-refractivity contribution in [3.8, 4) is 0 Å². The number of hydrogen-bond donors (Lipinski definition) is 1. The number of rotatable bonds is 8. The predicted molar refractivity (Wildman–Crippen MR) is 145 cm³/mol. The fourth-order valence-corrected chi connectivity index (χ4v) is 6.70. The first kappa shape index (κ1) is 26.3. The SMILES string of the molecule is C[C@@H]1C[C@H](OC[C@H](O)CN2CCN(CCN3C(=O)c4cccc5cccc(c45)C3=O)CC2)CC(C)(C)C1. The van der Waals surface area contributed by atoms with Crippen LogP contribution >= 0.6 is 0 Å². The molecule has 2 aromatic carbocycles. The Morgan fingerprint density at radius 2 is 1.57 bits per heavy atom. The van der Waals surface area contributed by atoms with Gasteiger partial charge in [0.05, 0.1) is 18.8 Å². The van der Waals surface area contributed by atoms with Gasteiger partial charge < -0.3 is 9.84 Å². The summed E-state index contributed by atoms with van der Waals surface area (Å²) in [5.41, 5.74) is 1.53. The molecule has 3 atom stereocenters. The Balaban J connectivity index is 1.07. The van der Waals surface area contributed by atoms with Crippen LogP contribution in [-0.4, -0.2) is 96.2 Å². The lowest BCUT2D eigenvalue weighted by atomic mass is 9.71. The third kappa shape index (κ3) is 5.90. The van der Waals surface area contributed by atoms with E-state index < -0.39 is 6.10 Å². The van der Waals surface area contributed by atoms with E-state index in [-0.39, 0.29) is 17.9 Å². The zero-order valence-corrected chi connectivity index (χ0v) is 22.5. The van der Waals surface area contributed by atoms with Crippen molar-refractivity contribution < 1.29 is 19.4 Å². The monoisotopic (exact) mass is 507 g/mol. The number of aliphatic hydroxyl groups excluding tert-OH is 1. The number of piperazine rings is 1. The maximum absolute atomic E-state index is 13.1. The third-order valence-electron chi connectivity index (χ3n) is 8.30. The molecular formula is C30H41N3O4. The number of ether oxygens (including phenoxy) is 1. The van der Waals surface area contributed by atoms with Gasteiger partial charge in [0.15, 0.2) is 0 Å². The van der Waals surface area contributed by atoms with Crippen LogP contribution in [0.5, 0.6) is 0 Å². The van der Waals surface area contributed by atoms with Gasteiger partial charge in [-0.2, -0.15) is 0 Å². The van der Waals surface area contributed by atoms with Crippen molar-refractivity contribution in [1.29, 1.82) is 0 Å². The minimum Gasteiger partial charge on any atom is -0.389 e. The van der Waals surface area contributed by atoms with Crippen molar-refractivity contribution in [2.45, 2.75) is 52.2 Å². The van der Waals surface area contributed by atoms with Crippen molar-refractivity contribution in [2.75, 3.05) is 52.4 Å². The van der Waals surface area contributed by atoms with E-state index in [9.17, 15) is 14.7 Å². The summed E-state index contributed by atoms with van der Waals surface area (Å²) < 4.78 is 6.13. The number of hydrogen-bond acceptors (Lipinski definition) is 6. The molecule has 2 amide bonds. The average Bonchev–Trinajstić information content (AvgIpc) is 2.85. The van der Waals surface area contributed by atoms with E-state index >= 15 is 0 Å². The molecule has 7 nitrogen and oxygen atoms in total. The molecule has 2 heterocycles. The van der Waals surface area contributed by atoms with Gasteiger partial charge in [-0.3, -0.25) is 24.3 Å². The van der Waals surface area contributed by atoms with Crippen LogP contribution in [0.4, 0.5) is 0 Å². The van der Waals surface area contributed by atoms with Gasteiger partial charge in [-0.1, -0.05) is 45.0 Å². The first-order chi connectivity index (χ1) is 17.7. The van der Waals surface area contributed by atoms with Crippen molar-refractivity contribution in [3.63, 3.8) is 0 Å². The summed E-state index contributed by atoms with van der Waals surface area (Å²) in [5.74, 6) is 0.261. The fourth-order valence-electron chi connectivity index (χ4n) is 6.70. The molecule has 7 heteroatoms. The molecule has 1 N–H and O–H groups in total. The number of imide groups is 1. The number of carbonyl (C=O) groups is 2. The topological polar surface area (TPSA) is 73.3 Å². The maximum Gasteiger partial charge on any atom is 0.261 e. The number of β-amino-alcohol motifs (C(OH)–C–C–N with tert-alkyl or cyclic N) is 1. The van der Waals surface area contributed by atoms with Gasteiger partial charge in [-0.05, 0) is 48.1 Å². The van der Waals surface area contributed by atoms with Crippen molar-refractivity contribution in [1.82, 2.24) is 14.7 Å². The zero-order valence-electron chi connectivity index (χ0n) is 22.5. The first-order valence-electron chi connectivity index (χ1n) is 13.8. The van der Waals surface area contributed by atoms with Crippen LogP contribution in [0, 0.1) is 11.3 Å². The highest BCUT2D eigenvalue weighted by Crippen LogP contribution is 2.39. The summed E-state index contributed by atoms with van der Waals surface area (Å²) in [7, 11) is 0. The normalized spacial score (nSPS) is 25.6. The Bertz CT molecular complexity index is 1090. The Kier molecular flexibility index (Phi) is 7.68. The van der Waals surface area contributed by atoms with E-state index in [1.54, 1.807) is 0 Å². The van der Waals surface area contributed by atoms with E-state index in [4.69, 9.17) is 4.74 Å². The summed E-state index contributed by atoms with van der Waals surface area (Å²) in [6, 6.07) is 11.3. The molecule has 2 aromatic rings. The van der Waals surface area contributed by atoms with Gasteiger partial charge in [-0.25, -0.2) is 0 Å². The largest absolute Gasteiger partial charge is 0.389 e. The van der Waals surface area contributed by atoms with Crippen LogP contribution in [0.25, 0.3) is 10.8 Å². The number of carbonyl (C=O) groups excluding carboxylic acids is 2. The highest BCUT2D eigenvalue weighted by atomic mass is 16.5. The zero-order chi connectivity index (χ0) is 26.2. The lowest BCUT2D eigenvalue weighted by molar-refractivity contribution is -0.0633. The second-order valence-electron chi connectivity index (χ2n) is 12.1. The Morgan fingerprint density at radius 1 is 0.946 bits per heavy atom. The van der Waals surface area contributed by atoms with E-state index in [0.717, 1.165) is 49.8 Å². The van der Waals surface area contributed by atoms with Crippen LogP contribution in [0.1, 0.15) is 60.7 Å². The maximum atomic E-state index is 13.1. The summed E-state index contributed by atoms with van der Waals surface area (Å²) in [6.45, 7) is 12.4. The van der Waals surface area contributed by atoms with Gasteiger partial charge in [-0.15, -0.1) is 0 Å². The van der Waals surface area contributed by atoms with Crippen molar-refractivity contribution >= 4 is 22.6 Å². The average molecular weight is 508 g/mol. The van der Waals surface area contributed by atoms with Crippen molar-refractivity contribution in [3.05, 3.63) is 47.5 Å². The summed E-state index contributed by atoms with van der Waals surface area (Å²) >= 11 is 0.